The van der Waals surface area contributed by atoms with Gasteiger partial charge in [-0.1, -0.05) is 46.9 Å². The Morgan fingerprint density at radius 2 is 0.886 bits per heavy atom. The van der Waals surface area contributed by atoms with E-state index in [0.717, 1.165) is 0 Å². The lowest BCUT2D eigenvalue weighted by atomic mass is 9.68. The molecule has 0 fully saturated rings. The molecule has 3 aromatic carbocycles. The number of hydrogen-bond acceptors (Lipinski definition) is 5. The van der Waals surface area contributed by atoms with Gasteiger partial charge in [0.25, 0.3) is 0 Å². The number of carbonyl (C=O) groups excluding carboxylic acids is 3. The molecule has 0 aliphatic rings. The minimum Gasteiger partial charge on any atom is -0.294 e. The number of benzene rings is 3. The van der Waals surface area contributed by atoms with Crippen molar-refractivity contribution < 1.29 is 14.4 Å². The summed E-state index contributed by atoms with van der Waals surface area (Å²) in [6, 6.07) is 27.2. The second-order valence-corrected chi connectivity index (χ2v) is 11.8. The molecule has 0 aliphatic carbocycles. The molecule has 0 radical (unpaired) electrons. The summed E-state index contributed by atoms with van der Waals surface area (Å²) in [5.41, 5.74) is 2.76. The average Bonchev–Trinajstić information content (AvgIpc) is 3.05. The number of carbonyl (C=O) groups is 3. The molecule has 5 nitrogen and oxygen atoms in total. The van der Waals surface area contributed by atoms with Crippen LogP contribution in [0.15, 0.2) is 122 Å². The molecule has 2 heterocycles. The number of Topliss-reactive ketones (excluding diaryl/α,β-unsaturated/α-hetero) is 3. The van der Waals surface area contributed by atoms with E-state index in [1.165, 1.54) is 0 Å². The third-order valence-electron chi connectivity index (χ3n) is 7.67. The highest BCUT2D eigenvalue weighted by Crippen LogP contribution is 2.43. The van der Waals surface area contributed by atoms with Gasteiger partial charge in [0, 0.05) is 87.1 Å². The van der Waals surface area contributed by atoms with Crippen LogP contribution < -0.4 is 0 Å². The molecule has 5 aromatic rings. The van der Waals surface area contributed by atoms with Crippen molar-refractivity contribution >= 4 is 52.2 Å². The number of rotatable bonds is 12. The first-order chi connectivity index (χ1) is 21.3. The van der Waals surface area contributed by atoms with Crippen LogP contribution in [0.25, 0.3) is 0 Å². The Morgan fingerprint density at radius 1 is 0.523 bits per heavy atom. The Hall–Kier alpha value is -4.16. The van der Waals surface area contributed by atoms with Crippen molar-refractivity contribution in [1.29, 1.82) is 0 Å². The maximum Gasteiger partial charge on any atom is 0.167 e. The average molecular weight is 642 g/mol. The maximum absolute atomic E-state index is 14.7. The number of nitrogens with zero attached hydrogens (tertiary/aromatic N) is 2. The molecule has 0 unspecified atom stereocenters. The van der Waals surface area contributed by atoms with Gasteiger partial charge in [-0.15, -0.1) is 0 Å². The molecule has 0 bridgehead atoms. The van der Waals surface area contributed by atoms with E-state index in [1.54, 1.807) is 110 Å². The molecule has 2 aromatic heterocycles. The van der Waals surface area contributed by atoms with Crippen molar-refractivity contribution in [2.45, 2.75) is 24.7 Å². The van der Waals surface area contributed by atoms with Gasteiger partial charge in [0.2, 0.25) is 0 Å². The summed E-state index contributed by atoms with van der Waals surface area (Å²) in [4.78, 5) is 50.9. The van der Waals surface area contributed by atoms with Gasteiger partial charge in [-0.05, 0) is 96.1 Å². The number of aromatic nitrogens is 2. The highest BCUT2D eigenvalue weighted by atomic mass is 35.5. The second-order valence-electron chi connectivity index (χ2n) is 10.5. The Morgan fingerprint density at radius 3 is 1.23 bits per heavy atom. The van der Waals surface area contributed by atoms with Crippen LogP contribution in [-0.4, -0.2) is 27.3 Å². The van der Waals surface area contributed by atoms with E-state index in [2.05, 4.69) is 9.97 Å². The molecular weight excluding hydrogens is 615 g/mol. The van der Waals surface area contributed by atoms with Gasteiger partial charge in [0.15, 0.2) is 17.3 Å². The van der Waals surface area contributed by atoms with Gasteiger partial charge in [0.05, 0.1) is 0 Å². The molecule has 0 aliphatic heterocycles. The molecule has 8 heteroatoms. The quantitative estimate of drug-likeness (QED) is 0.127. The first-order valence-corrected chi connectivity index (χ1v) is 15.1. The summed E-state index contributed by atoms with van der Waals surface area (Å²) in [5.74, 6) is -2.69. The Bertz CT molecular complexity index is 1630. The van der Waals surface area contributed by atoms with E-state index < -0.39 is 17.8 Å². The van der Waals surface area contributed by atoms with Gasteiger partial charge in [-0.25, -0.2) is 0 Å². The summed E-state index contributed by atoms with van der Waals surface area (Å²) in [5, 5.41) is 1.51. The lowest BCUT2D eigenvalue weighted by molar-refractivity contribution is 0.0833. The van der Waals surface area contributed by atoms with E-state index in [4.69, 9.17) is 34.8 Å². The number of pyridine rings is 2. The largest absolute Gasteiger partial charge is 0.294 e. The fourth-order valence-corrected chi connectivity index (χ4v) is 5.83. The number of hydrogen-bond donors (Lipinski definition) is 0. The lowest BCUT2D eigenvalue weighted by Gasteiger charge is -2.33. The van der Waals surface area contributed by atoms with Gasteiger partial charge in [0.1, 0.15) is 0 Å². The van der Waals surface area contributed by atoms with Crippen molar-refractivity contribution in [2.24, 2.45) is 5.92 Å². The van der Waals surface area contributed by atoms with Crippen LogP contribution in [0.5, 0.6) is 0 Å². The fraction of sp³-hybridized carbons (Fsp3) is 0.139. The van der Waals surface area contributed by atoms with Crippen molar-refractivity contribution in [2.75, 3.05) is 0 Å². The van der Waals surface area contributed by atoms with Crippen molar-refractivity contribution in [3.8, 4) is 0 Å². The van der Waals surface area contributed by atoms with E-state index in [1.807, 2.05) is 12.1 Å². The first kappa shape index (κ1) is 31.3. The molecule has 5 rings (SSSR count). The molecular formula is C36H27Cl3N2O3. The van der Waals surface area contributed by atoms with E-state index in [-0.39, 0.29) is 30.2 Å². The zero-order chi connectivity index (χ0) is 31.1. The summed E-state index contributed by atoms with van der Waals surface area (Å²) < 4.78 is 0. The van der Waals surface area contributed by atoms with Crippen LogP contribution in [0.4, 0.5) is 0 Å². The standard InChI is InChI=1S/C36H27Cl3N2O3/c37-28-11-5-23(6-12-28)33(42)19-31(26-3-1-17-40-21-26)35(36(44)25-9-15-30(39)16-10-25)32(27-4-2-18-41-22-27)20-34(43)24-7-13-29(38)14-8-24/h1-18,21-22,31-32,35H,19-20H2/t31-,32-/m0/s1. The summed E-state index contributed by atoms with van der Waals surface area (Å²) >= 11 is 18.3. The Kier molecular flexibility index (Phi) is 10.3. The monoisotopic (exact) mass is 640 g/mol. The number of halogens is 3. The van der Waals surface area contributed by atoms with Crippen LogP contribution >= 0.6 is 34.8 Å². The fourth-order valence-electron chi connectivity index (χ4n) is 5.45. The third-order valence-corrected chi connectivity index (χ3v) is 8.42. The predicted octanol–water partition coefficient (Wildman–Crippen LogP) is 9.35. The highest BCUT2D eigenvalue weighted by Gasteiger charge is 2.40. The normalized spacial score (nSPS) is 12.5. The molecule has 0 saturated carbocycles. The smallest absolute Gasteiger partial charge is 0.167 e. The minimum atomic E-state index is -0.850. The SMILES string of the molecule is O=C(C[C@@H](c1cccnc1)C(C(=O)c1ccc(Cl)cc1)[C@@H](CC(=O)c1ccc(Cl)cc1)c1cccnc1)c1ccc(Cl)cc1. The van der Waals surface area contributed by atoms with Crippen LogP contribution in [0.3, 0.4) is 0 Å². The Labute approximate surface area is 270 Å². The number of ketones is 3. The van der Waals surface area contributed by atoms with Crippen molar-refractivity contribution in [3.63, 3.8) is 0 Å². The van der Waals surface area contributed by atoms with Gasteiger partial charge in [-0.3, -0.25) is 24.4 Å². The molecule has 0 spiro atoms. The molecule has 0 saturated heterocycles. The van der Waals surface area contributed by atoms with Gasteiger partial charge >= 0.3 is 0 Å². The second kappa shape index (κ2) is 14.5. The van der Waals surface area contributed by atoms with Gasteiger partial charge < -0.3 is 0 Å². The van der Waals surface area contributed by atoms with E-state index >= 15 is 0 Å². The molecule has 2 atom stereocenters. The van der Waals surface area contributed by atoms with E-state index in [9.17, 15) is 14.4 Å². The third kappa shape index (κ3) is 7.67. The van der Waals surface area contributed by atoms with Crippen LogP contribution in [0.2, 0.25) is 15.1 Å². The zero-order valence-electron chi connectivity index (χ0n) is 23.4. The van der Waals surface area contributed by atoms with Crippen LogP contribution in [0.1, 0.15) is 66.9 Å². The Balaban J connectivity index is 1.66. The first-order valence-electron chi connectivity index (χ1n) is 14.0. The maximum atomic E-state index is 14.7. The van der Waals surface area contributed by atoms with E-state index in [0.29, 0.717) is 42.9 Å². The highest BCUT2D eigenvalue weighted by molar-refractivity contribution is 6.31. The van der Waals surface area contributed by atoms with Crippen LogP contribution in [0, 0.1) is 5.92 Å². The minimum absolute atomic E-state index is 0.0107. The molecule has 0 amide bonds. The van der Waals surface area contributed by atoms with Crippen LogP contribution in [-0.2, 0) is 0 Å². The summed E-state index contributed by atoms with van der Waals surface area (Å²) in [6.45, 7) is 0. The molecule has 0 N–H and O–H groups in total. The van der Waals surface area contributed by atoms with Crippen molar-refractivity contribution in [1.82, 2.24) is 9.97 Å². The van der Waals surface area contributed by atoms with Crippen molar-refractivity contribution in [3.05, 3.63) is 165 Å². The zero-order valence-corrected chi connectivity index (χ0v) is 25.7. The summed E-state index contributed by atoms with van der Waals surface area (Å²) in [7, 11) is 0. The molecule has 220 valence electrons. The summed E-state index contributed by atoms with van der Waals surface area (Å²) in [6.07, 6.45) is 6.60. The van der Waals surface area contributed by atoms with Gasteiger partial charge in [-0.2, -0.15) is 0 Å². The predicted molar refractivity (Wildman–Crippen MR) is 174 cm³/mol. The lowest BCUT2D eigenvalue weighted by Crippen LogP contribution is -2.32. The topological polar surface area (TPSA) is 77.0 Å². The molecule has 44 heavy (non-hydrogen) atoms.